The molecule has 1 aromatic heterocycles. The molecule has 0 fully saturated rings. The van der Waals surface area contributed by atoms with Crippen LogP contribution < -0.4 is 10.1 Å². The lowest BCUT2D eigenvalue weighted by atomic mass is 10.1. The highest BCUT2D eigenvalue weighted by atomic mass is 79.9. The highest BCUT2D eigenvalue weighted by Gasteiger charge is 2.20. The van der Waals surface area contributed by atoms with Crippen molar-refractivity contribution in [3.8, 4) is 5.75 Å². The second-order valence-corrected chi connectivity index (χ2v) is 7.74. The van der Waals surface area contributed by atoms with Gasteiger partial charge in [-0.3, -0.25) is 9.48 Å². The highest BCUT2D eigenvalue weighted by Crippen LogP contribution is 2.28. The van der Waals surface area contributed by atoms with E-state index in [0.29, 0.717) is 27.1 Å². The highest BCUT2D eigenvalue weighted by molar-refractivity contribution is 9.10. The molecule has 0 aliphatic heterocycles. The standard InChI is InChI=1S/C20H16BrClF3N3O2/c1-10-18(11(2)28(27-10)9-12-3-5-14(23)8-16(12)22)26-19(29)15-7-13(21)4-6-17(15)30-20(24)25/h3-8,20H,9H2,1-2H3,(H,26,29). The van der Waals surface area contributed by atoms with Gasteiger partial charge in [-0.25, -0.2) is 4.39 Å². The zero-order chi connectivity index (χ0) is 22.0. The van der Waals surface area contributed by atoms with Crippen LogP contribution in [0.3, 0.4) is 0 Å². The van der Waals surface area contributed by atoms with Crippen LogP contribution in [0.5, 0.6) is 5.75 Å². The van der Waals surface area contributed by atoms with Crippen LogP contribution in [0.4, 0.5) is 18.9 Å². The van der Waals surface area contributed by atoms with Crippen molar-refractivity contribution in [2.45, 2.75) is 27.0 Å². The molecule has 0 unspecified atom stereocenters. The summed E-state index contributed by atoms with van der Waals surface area (Å²) in [5.41, 5.74) is 2.16. The Morgan fingerprint density at radius 2 is 2.00 bits per heavy atom. The van der Waals surface area contributed by atoms with Crippen molar-refractivity contribution >= 4 is 39.1 Å². The molecule has 1 N–H and O–H groups in total. The van der Waals surface area contributed by atoms with Crippen LogP contribution in [0.2, 0.25) is 5.02 Å². The summed E-state index contributed by atoms with van der Waals surface area (Å²) >= 11 is 9.31. The summed E-state index contributed by atoms with van der Waals surface area (Å²) in [6, 6.07) is 8.24. The van der Waals surface area contributed by atoms with Gasteiger partial charge in [0.05, 0.1) is 29.2 Å². The number of nitrogens with one attached hydrogen (secondary N) is 1. The third kappa shape index (κ3) is 4.96. The first-order valence-electron chi connectivity index (χ1n) is 8.69. The fourth-order valence-electron chi connectivity index (χ4n) is 2.90. The van der Waals surface area contributed by atoms with Crippen molar-refractivity contribution in [2.75, 3.05) is 5.32 Å². The number of halogens is 5. The molecule has 0 aliphatic carbocycles. The summed E-state index contributed by atoms with van der Waals surface area (Å²) < 4.78 is 45.2. The van der Waals surface area contributed by atoms with E-state index in [-0.39, 0.29) is 22.9 Å². The van der Waals surface area contributed by atoms with Gasteiger partial charge in [-0.2, -0.15) is 13.9 Å². The molecule has 30 heavy (non-hydrogen) atoms. The van der Waals surface area contributed by atoms with Crippen LogP contribution in [0.15, 0.2) is 40.9 Å². The fourth-order valence-corrected chi connectivity index (χ4v) is 3.49. The molecule has 0 radical (unpaired) electrons. The Kier molecular flexibility index (Phi) is 6.72. The molecule has 2 aromatic carbocycles. The molecular weight excluding hydrogens is 487 g/mol. The number of rotatable bonds is 6. The van der Waals surface area contributed by atoms with E-state index in [1.54, 1.807) is 24.6 Å². The Morgan fingerprint density at radius 1 is 1.27 bits per heavy atom. The van der Waals surface area contributed by atoms with Crippen LogP contribution in [0.1, 0.15) is 27.3 Å². The third-order valence-corrected chi connectivity index (χ3v) is 5.20. The molecule has 0 bridgehead atoms. The number of aromatic nitrogens is 2. The predicted molar refractivity (Wildman–Crippen MR) is 111 cm³/mol. The number of carbonyl (C=O) groups is 1. The van der Waals surface area contributed by atoms with Gasteiger partial charge in [-0.1, -0.05) is 33.6 Å². The molecule has 1 heterocycles. The molecule has 10 heteroatoms. The van der Waals surface area contributed by atoms with Gasteiger partial charge in [-0.05, 0) is 49.7 Å². The van der Waals surface area contributed by atoms with Crippen molar-refractivity contribution in [3.63, 3.8) is 0 Å². The van der Waals surface area contributed by atoms with E-state index in [4.69, 9.17) is 11.6 Å². The number of anilines is 1. The summed E-state index contributed by atoms with van der Waals surface area (Å²) in [4.78, 5) is 12.8. The lowest BCUT2D eigenvalue weighted by Gasteiger charge is -2.12. The molecule has 3 rings (SSSR count). The lowest BCUT2D eigenvalue weighted by Crippen LogP contribution is -2.16. The van der Waals surface area contributed by atoms with Gasteiger partial charge >= 0.3 is 6.61 Å². The summed E-state index contributed by atoms with van der Waals surface area (Å²) in [6.45, 7) is 0.635. The van der Waals surface area contributed by atoms with E-state index >= 15 is 0 Å². The maximum absolute atomic E-state index is 13.3. The minimum Gasteiger partial charge on any atom is -0.434 e. The molecule has 0 saturated carbocycles. The Balaban J connectivity index is 1.88. The Bertz CT molecular complexity index is 1110. The van der Waals surface area contributed by atoms with Gasteiger partial charge in [0, 0.05) is 9.50 Å². The molecular formula is C20H16BrClF3N3O2. The Labute approximate surface area is 183 Å². The van der Waals surface area contributed by atoms with Crippen LogP contribution >= 0.6 is 27.5 Å². The molecule has 5 nitrogen and oxygen atoms in total. The first kappa shape index (κ1) is 22.2. The van der Waals surface area contributed by atoms with E-state index in [1.165, 1.54) is 30.3 Å². The quantitative estimate of drug-likeness (QED) is 0.453. The molecule has 3 aromatic rings. The zero-order valence-corrected chi connectivity index (χ0v) is 18.2. The van der Waals surface area contributed by atoms with Crippen LogP contribution in [-0.4, -0.2) is 22.3 Å². The average Bonchev–Trinajstić information content (AvgIpc) is 2.92. The number of hydrogen-bond acceptors (Lipinski definition) is 3. The van der Waals surface area contributed by atoms with Gasteiger partial charge in [0.2, 0.25) is 0 Å². The number of hydrogen-bond donors (Lipinski definition) is 1. The lowest BCUT2D eigenvalue weighted by molar-refractivity contribution is -0.0501. The smallest absolute Gasteiger partial charge is 0.387 e. The Hall–Kier alpha value is -2.52. The molecule has 158 valence electrons. The minimum atomic E-state index is -3.07. The number of aryl methyl sites for hydroxylation is 1. The largest absolute Gasteiger partial charge is 0.434 e. The summed E-state index contributed by atoms with van der Waals surface area (Å²) in [6.07, 6.45) is 0. The van der Waals surface area contributed by atoms with Gasteiger partial charge in [0.1, 0.15) is 11.6 Å². The molecule has 0 spiro atoms. The van der Waals surface area contributed by atoms with Gasteiger partial charge in [-0.15, -0.1) is 0 Å². The van der Waals surface area contributed by atoms with Crippen LogP contribution in [-0.2, 0) is 6.54 Å². The van der Waals surface area contributed by atoms with Crippen LogP contribution in [0.25, 0.3) is 0 Å². The monoisotopic (exact) mass is 501 g/mol. The SMILES string of the molecule is Cc1nn(Cc2ccc(F)cc2Cl)c(C)c1NC(=O)c1cc(Br)ccc1OC(F)F. The van der Waals surface area contributed by atoms with E-state index in [0.717, 1.165) is 0 Å². The number of benzene rings is 2. The molecule has 0 atom stereocenters. The van der Waals surface area contributed by atoms with E-state index < -0.39 is 18.3 Å². The summed E-state index contributed by atoms with van der Waals surface area (Å²) in [5.74, 6) is -1.31. The van der Waals surface area contributed by atoms with Gasteiger partial charge in [0.15, 0.2) is 0 Å². The maximum atomic E-state index is 13.3. The first-order chi connectivity index (χ1) is 14.2. The second kappa shape index (κ2) is 9.09. The van der Waals surface area contributed by atoms with Crippen LogP contribution in [0, 0.1) is 19.7 Å². The van der Waals surface area contributed by atoms with Gasteiger partial charge < -0.3 is 10.1 Å². The number of nitrogens with zero attached hydrogens (tertiary/aromatic N) is 2. The number of ether oxygens (including phenoxy) is 1. The third-order valence-electron chi connectivity index (χ3n) is 4.36. The number of carbonyl (C=O) groups excluding carboxylic acids is 1. The van der Waals surface area contributed by atoms with E-state index in [2.05, 4.69) is 31.1 Å². The zero-order valence-electron chi connectivity index (χ0n) is 15.8. The van der Waals surface area contributed by atoms with Crippen molar-refractivity contribution in [1.29, 1.82) is 0 Å². The molecule has 0 saturated heterocycles. The molecule has 0 aliphatic rings. The maximum Gasteiger partial charge on any atom is 0.387 e. The number of alkyl halides is 2. The first-order valence-corrected chi connectivity index (χ1v) is 9.86. The topological polar surface area (TPSA) is 56.2 Å². The van der Waals surface area contributed by atoms with E-state index in [9.17, 15) is 18.0 Å². The van der Waals surface area contributed by atoms with Crippen molar-refractivity contribution in [1.82, 2.24) is 9.78 Å². The van der Waals surface area contributed by atoms with Crippen molar-refractivity contribution < 1.29 is 22.7 Å². The minimum absolute atomic E-state index is 0.0576. The van der Waals surface area contributed by atoms with Crippen molar-refractivity contribution in [2.24, 2.45) is 0 Å². The summed E-state index contributed by atoms with van der Waals surface area (Å²) in [7, 11) is 0. The molecule has 1 amide bonds. The normalized spacial score (nSPS) is 11.1. The van der Waals surface area contributed by atoms with Crippen molar-refractivity contribution in [3.05, 3.63) is 74.2 Å². The predicted octanol–water partition coefficient (Wildman–Crippen LogP) is 5.96. The fraction of sp³-hybridized carbons (Fsp3) is 0.200. The number of amides is 1. The van der Waals surface area contributed by atoms with Gasteiger partial charge in [0.25, 0.3) is 5.91 Å². The Morgan fingerprint density at radius 3 is 2.67 bits per heavy atom. The summed E-state index contributed by atoms with van der Waals surface area (Å²) in [5, 5.41) is 7.36. The average molecular weight is 503 g/mol. The second-order valence-electron chi connectivity index (χ2n) is 6.41. The van der Waals surface area contributed by atoms with E-state index in [1.807, 2.05) is 0 Å².